The first-order valence-electron chi connectivity index (χ1n) is 12.0. The molecule has 1 heterocycles. The summed E-state index contributed by atoms with van der Waals surface area (Å²) in [6.07, 6.45) is 3.12. The summed E-state index contributed by atoms with van der Waals surface area (Å²) in [5.74, 6) is 1.13. The van der Waals surface area contributed by atoms with E-state index >= 15 is 0 Å². The molecule has 0 radical (unpaired) electrons. The van der Waals surface area contributed by atoms with E-state index in [0.29, 0.717) is 38.3 Å². The fourth-order valence-corrected chi connectivity index (χ4v) is 5.13. The van der Waals surface area contributed by atoms with E-state index < -0.39 is 5.41 Å². The van der Waals surface area contributed by atoms with Gasteiger partial charge in [0.15, 0.2) is 0 Å². The van der Waals surface area contributed by atoms with Crippen molar-refractivity contribution in [2.45, 2.75) is 59.4 Å². The summed E-state index contributed by atoms with van der Waals surface area (Å²) in [4.78, 5) is 28.3. The number of hydrogen-bond acceptors (Lipinski definition) is 2. The van der Waals surface area contributed by atoms with E-state index in [0.717, 1.165) is 6.42 Å². The molecule has 1 aliphatic heterocycles. The zero-order chi connectivity index (χ0) is 22.9. The molecule has 2 amide bonds. The van der Waals surface area contributed by atoms with E-state index in [9.17, 15) is 9.59 Å². The molecule has 0 bridgehead atoms. The molecule has 170 valence electrons. The fourth-order valence-electron chi connectivity index (χ4n) is 5.13. The van der Waals surface area contributed by atoms with Gasteiger partial charge in [0.2, 0.25) is 11.8 Å². The van der Waals surface area contributed by atoms with E-state index in [2.05, 4.69) is 67.7 Å². The first-order chi connectivity index (χ1) is 15.3. The summed E-state index contributed by atoms with van der Waals surface area (Å²) in [6, 6.07) is 17.0. The van der Waals surface area contributed by atoms with Crippen molar-refractivity contribution in [2.75, 3.05) is 13.1 Å². The number of nitrogens with zero attached hydrogens (tertiary/aromatic N) is 1. The highest BCUT2D eigenvalue weighted by Gasteiger charge is 2.46. The van der Waals surface area contributed by atoms with Crippen LogP contribution < -0.4 is 5.32 Å². The highest BCUT2D eigenvalue weighted by Crippen LogP contribution is 2.43. The molecule has 4 nitrogen and oxygen atoms in total. The minimum absolute atomic E-state index is 0.0953. The van der Waals surface area contributed by atoms with Crippen molar-refractivity contribution in [2.24, 2.45) is 17.3 Å². The standard InChI is InChI=1S/C28H36N2O2/c1-19(2)29-27(32)28(13-15-30(16-14-28)26(31)25-17-21(25)4)18-22-10-6-8-12-24(22)23-11-7-5-9-20(23)3/h5-12,19,21,25H,13-18H2,1-4H3,(H,29,32)/t21-,25-/m1/s1. The highest BCUT2D eigenvalue weighted by molar-refractivity contribution is 5.85. The summed E-state index contributed by atoms with van der Waals surface area (Å²) in [5, 5.41) is 3.19. The number of rotatable bonds is 6. The SMILES string of the molecule is Cc1ccccc1-c1ccccc1CC1(C(=O)NC(C)C)CCN(C(=O)[C@@H]2C[C@H]2C)CC1. The average Bonchev–Trinajstić information content (AvgIpc) is 3.51. The molecule has 2 atom stereocenters. The highest BCUT2D eigenvalue weighted by atomic mass is 16.2. The molecule has 0 aromatic heterocycles. The third-order valence-electron chi connectivity index (χ3n) is 7.34. The molecule has 2 aliphatic rings. The lowest BCUT2D eigenvalue weighted by Gasteiger charge is -2.41. The lowest BCUT2D eigenvalue weighted by molar-refractivity contribution is -0.141. The van der Waals surface area contributed by atoms with Gasteiger partial charge in [0.05, 0.1) is 5.41 Å². The number of benzene rings is 2. The Balaban J connectivity index is 1.61. The predicted molar refractivity (Wildman–Crippen MR) is 129 cm³/mol. The second-order valence-corrected chi connectivity index (χ2v) is 10.2. The van der Waals surface area contributed by atoms with E-state index in [1.54, 1.807) is 0 Å². The molecule has 2 fully saturated rings. The quantitative estimate of drug-likeness (QED) is 0.699. The molecule has 1 saturated heterocycles. The van der Waals surface area contributed by atoms with E-state index in [1.165, 1.54) is 22.3 Å². The van der Waals surface area contributed by atoms with E-state index in [-0.39, 0.29) is 23.8 Å². The summed E-state index contributed by atoms with van der Waals surface area (Å²) in [7, 11) is 0. The number of likely N-dealkylation sites (tertiary alicyclic amines) is 1. The number of piperidine rings is 1. The molecule has 1 N–H and O–H groups in total. The molecule has 2 aromatic rings. The second kappa shape index (κ2) is 9.09. The Kier molecular flexibility index (Phi) is 6.41. The summed E-state index contributed by atoms with van der Waals surface area (Å²) < 4.78 is 0. The minimum atomic E-state index is -0.491. The van der Waals surface area contributed by atoms with Gasteiger partial charge in [0, 0.05) is 25.0 Å². The molecule has 32 heavy (non-hydrogen) atoms. The van der Waals surface area contributed by atoms with E-state index in [4.69, 9.17) is 0 Å². The number of nitrogens with one attached hydrogen (secondary N) is 1. The third kappa shape index (κ3) is 4.60. The smallest absolute Gasteiger partial charge is 0.226 e. The number of aryl methyl sites for hydroxylation is 1. The number of amides is 2. The topological polar surface area (TPSA) is 49.4 Å². The van der Waals surface area contributed by atoms with Crippen LogP contribution in [0.4, 0.5) is 0 Å². The maximum Gasteiger partial charge on any atom is 0.226 e. The van der Waals surface area contributed by atoms with Gasteiger partial charge in [-0.15, -0.1) is 0 Å². The first kappa shape index (κ1) is 22.6. The number of carbonyl (C=O) groups excluding carboxylic acids is 2. The molecule has 0 unspecified atom stereocenters. The molecule has 2 aromatic carbocycles. The van der Waals surface area contributed by atoms with Crippen molar-refractivity contribution in [3.05, 3.63) is 59.7 Å². The third-order valence-corrected chi connectivity index (χ3v) is 7.34. The molecule has 4 heteroatoms. The van der Waals surface area contributed by atoms with Crippen LogP contribution in [0.15, 0.2) is 48.5 Å². The summed E-state index contributed by atoms with van der Waals surface area (Å²) in [6.45, 7) is 9.64. The Hall–Kier alpha value is -2.62. The van der Waals surface area contributed by atoms with Gasteiger partial charge < -0.3 is 10.2 Å². The largest absolute Gasteiger partial charge is 0.353 e. The van der Waals surface area contributed by atoms with Crippen LogP contribution in [0.3, 0.4) is 0 Å². The van der Waals surface area contributed by atoms with Crippen LogP contribution in [0.2, 0.25) is 0 Å². The van der Waals surface area contributed by atoms with Gasteiger partial charge in [0.1, 0.15) is 0 Å². The summed E-state index contributed by atoms with van der Waals surface area (Å²) in [5.41, 5.74) is 4.37. The molecule has 1 saturated carbocycles. The van der Waals surface area contributed by atoms with Gasteiger partial charge in [-0.2, -0.15) is 0 Å². The summed E-state index contributed by atoms with van der Waals surface area (Å²) >= 11 is 0. The van der Waals surface area contributed by atoms with Crippen LogP contribution >= 0.6 is 0 Å². The Morgan fingerprint density at radius 1 is 1.03 bits per heavy atom. The number of carbonyl (C=O) groups is 2. The van der Waals surface area contributed by atoms with Gasteiger partial charge in [-0.25, -0.2) is 0 Å². The van der Waals surface area contributed by atoms with Crippen LogP contribution in [0.5, 0.6) is 0 Å². The maximum atomic E-state index is 13.5. The molecule has 1 aliphatic carbocycles. The minimum Gasteiger partial charge on any atom is -0.353 e. The van der Waals surface area contributed by atoms with Crippen molar-refractivity contribution in [3.63, 3.8) is 0 Å². The molecular weight excluding hydrogens is 396 g/mol. The second-order valence-electron chi connectivity index (χ2n) is 10.2. The van der Waals surface area contributed by atoms with Gasteiger partial charge in [-0.05, 0) is 74.6 Å². The monoisotopic (exact) mass is 432 g/mol. The Morgan fingerprint density at radius 2 is 1.62 bits per heavy atom. The van der Waals surface area contributed by atoms with Crippen LogP contribution in [0.25, 0.3) is 11.1 Å². The Morgan fingerprint density at radius 3 is 2.22 bits per heavy atom. The zero-order valence-corrected chi connectivity index (χ0v) is 19.9. The molecular formula is C28H36N2O2. The lowest BCUT2D eigenvalue weighted by Crippen LogP contribution is -2.52. The zero-order valence-electron chi connectivity index (χ0n) is 19.9. The number of hydrogen-bond donors (Lipinski definition) is 1. The molecule has 0 spiro atoms. The van der Waals surface area contributed by atoms with E-state index in [1.807, 2.05) is 18.7 Å². The van der Waals surface area contributed by atoms with Gasteiger partial charge in [-0.1, -0.05) is 55.5 Å². The maximum absolute atomic E-state index is 13.5. The van der Waals surface area contributed by atoms with Crippen molar-refractivity contribution in [1.29, 1.82) is 0 Å². The van der Waals surface area contributed by atoms with Gasteiger partial charge >= 0.3 is 0 Å². The van der Waals surface area contributed by atoms with Crippen LogP contribution in [0, 0.1) is 24.2 Å². The predicted octanol–water partition coefficient (Wildman–Crippen LogP) is 4.99. The van der Waals surface area contributed by atoms with Crippen molar-refractivity contribution >= 4 is 11.8 Å². The van der Waals surface area contributed by atoms with Crippen molar-refractivity contribution in [1.82, 2.24) is 10.2 Å². The van der Waals surface area contributed by atoms with Crippen molar-refractivity contribution in [3.8, 4) is 11.1 Å². The average molecular weight is 433 g/mol. The Labute approximate surface area is 192 Å². The lowest BCUT2D eigenvalue weighted by atomic mass is 9.71. The normalized spacial score (nSPS) is 22.0. The van der Waals surface area contributed by atoms with Crippen LogP contribution in [0.1, 0.15) is 51.2 Å². The van der Waals surface area contributed by atoms with Crippen LogP contribution in [-0.4, -0.2) is 35.8 Å². The van der Waals surface area contributed by atoms with Gasteiger partial charge in [-0.3, -0.25) is 9.59 Å². The Bertz CT molecular complexity index is 988. The van der Waals surface area contributed by atoms with Crippen molar-refractivity contribution < 1.29 is 9.59 Å². The van der Waals surface area contributed by atoms with Gasteiger partial charge in [0.25, 0.3) is 0 Å². The van der Waals surface area contributed by atoms with Crippen LogP contribution in [-0.2, 0) is 16.0 Å². The fraction of sp³-hybridized carbons (Fsp3) is 0.500. The first-order valence-corrected chi connectivity index (χ1v) is 12.0. The molecule has 4 rings (SSSR count).